The second kappa shape index (κ2) is 5.64. The maximum atomic E-state index is 5.15. The van der Waals surface area contributed by atoms with E-state index in [1.165, 1.54) is 12.8 Å². The van der Waals surface area contributed by atoms with Gasteiger partial charge in [-0.2, -0.15) is 4.98 Å². The van der Waals surface area contributed by atoms with E-state index in [2.05, 4.69) is 31.2 Å². The van der Waals surface area contributed by atoms with Gasteiger partial charge < -0.3 is 15.0 Å². The molecule has 0 aliphatic heterocycles. The molecule has 0 saturated heterocycles. The Morgan fingerprint density at radius 2 is 2.35 bits per heavy atom. The Kier molecular flexibility index (Phi) is 4.17. The first kappa shape index (κ1) is 12.6. The maximum absolute atomic E-state index is 5.15. The highest BCUT2D eigenvalue weighted by atomic mass is 79.9. The monoisotopic (exact) mass is 300 g/mol. The molecule has 1 aromatic heterocycles. The lowest BCUT2D eigenvalue weighted by Gasteiger charge is -2.17. The molecule has 1 aromatic rings. The highest BCUT2D eigenvalue weighted by molar-refractivity contribution is 9.10. The molecule has 1 fully saturated rings. The Labute approximate surface area is 110 Å². The van der Waals surface area contributed by atoms with E-state index in [1.54, 1.807) is 13.3 Å². The van der Waals surface area contributed by atoms with E-state index >= 15 is 0 Å². The molecule has 0 aromatic carbocycles. The summed E-state index contributed by atoms with van der Waals surface area (Å²) in [6.07, 6.45) is 4.34. The molecule has 0 atom stereocenters. The second-order valence-electron chi connectivity index (χ2n) is 4.18. The van der Waals surface area contributed by atoms with Crippen molar-refractivity contribution in [1.29, 1.82) is 0 Å². The molecule has 0 radical (unpaired) electrons. The summed E-state index contributed by atoms with van der Waals surface area (Å²) in [6, 6.07) is 0.740. The van der Waals surface area contributed by atoms with Gasteiger partial charge >= 0.3 is 0 Å². The van der Waals surface area contributed by atoms with E-state index in [0.29, 0.717) is 11.8 Å². The molecule has 1 heterocycles. The highest BCUT2D eigenvalue weighted by Gasteiger charge is 2.20. The number of hydrogen-bond acceptors (Lipinski definition) is 5. The van der Waals surface area contributed by atoms with Gasteiger partial charge in [0.2, 0.25) is 11.8 Å². The standard InChI is InChI=1S/C11H17BrN4O/c1-16(6-5-13-8-3-4-8)11-14-7-9(12)10(15-11)17-2/h7-8,13H,3-6H2,1-2H3. The van der Waals surface area contributed by atoms with Crippen LogP contribution in [0.1, 0.15) is 12.8 Å². The van der Waals surface area contributed by atoms with Gasteiger partial charge in [-0.05, 0) is 28.8 Å². The summed E-state index contributed by atoms with van der Waals surface area (Å²) < 4.78 is 5.92. The first-order chi connectivity index (χ1) is 8.20. The minimum atomic E-state index is 0.567. The van der Waals surface area contributed by atoms with Crippen LogP contribution >= 0.6 is 15.9 Å². The zero-order chi connectivity index (χ0) is 12.3. The predicted octanol–water partition coefficient (Wildman–Crippen LogP) is 1.44. The van der Waals surface area contributed by atoms with Crippen molar-refractivity contribution in [3.63, 3.8) is 0 Å². The fourth-order valence-corrected chi connectivity index (χ4v) is 1.85. The third kappa shape index (κ3) is 3.54. The largest absolute Gasteiger partial charge is 0.480 e. The number of aromatic nitrogens is 2. The number of nitrogens with one attached hydrogen (secondary N) is 1. The van der Waals surface area contributed by atoms with Crippen molar-refractivity contribution in [2.75, 3.05) is 32.1 Å². The quantitative estimate of drug-likeness (QED) is 0.861. The summed E-state index contributed by atoms with van der Waals surface area (Å²) in [4.78, 5) is 10.6. The van der Waals surface area contributed by atoms with Crippen LogP contribution in [0.25, 0.3) is 0 Å². The van der Waals surface area contributed by atoms with E-state index < -0.39 is 0 Å². The van der Waals surface area contributed by atoms with E-state index in [9.17, 15) is 0 Å². The number of halogens is 1. The van der Waals surface area contributed by atoms with Crippen molar-refractivity contribution in [1.82, 2.24) is 15.3 Å². The zero-order valence-corrected chi connectivity index (χ0v) is 11.7. The van der Waals surface area contributed by atoms with Crippen molar-refractivity contribution in [2.45, 2.75) is 18.9 Å². The minimum Gasteiger partial charge on any atom is -0.480 e. The van der Waals surface area contributed by atoms with Crippen LogP contribution in [-0.2, 0) is 0 Å². The van der Waals surface area contributed by atoms with Gasteiger partial charge in [-0.1, -0.05) is 0 Å². The number of rotatable bonds is 6. The van der Waals surface area contributed by atoms with E-state index in [-0.39, 0.29) is 0 Å². The molecule has 1 aliphatic rings. The first-order valence-electron chi connectivity index (χ1n) is 5.71. The molecule has 5 nitrogen and oxygen atoms in total. The molecule has 1 aliphatic carbocycles. The highest BCUT2D eigenvalue weighted by Crippen LogP contribution is 2.23. The molecular formula is C11H17BrN4O. The third-order valence-corrected chi connectivity index (χ3v) is 3.24. The van der Waals surface area contributed by atoms with Crippen LogP contribution in [0.4, 0.5) is 5.95 Å². The van der Waals surface area contributed by atoms with Gasteiger partial charge in [0, 0.05) is 26.2 Å². The number of hydrogen-bond donors (Lipinski definition) is 1. The number of likely N-dealkylation sites (N-methyl/N-ethyl adjacent to an activating group) is 1. The summed E-state index contributed by atoms with van der Waals surface area (Å²) in [5.74, 6) is 1.25. The molecule has 94 valence electrons. The van der Waals surface area contributed by atoms with Crippen molar-refractivity contribution in [3.8, 4) is 5.88 Å². The lowest BCUT2D eigenvalue weighted by molar-refractivity contribution is 0.394. The van der Waals surface area contributed by atoms with Crippen LogP contribution in [0, 0.1) is 0 Å². The Bertz CT molecular complexity index is 384. The van der Waals surface area contributed by atoms with Crippen molar-refractivity contribution < 1.29 is 4.74 Å². The summed E-state index contributed by atoms with van der Waals surface area (Å²) in [7, 11) is 3.59. The van der Waals surface area contributed by atoms with Crippen LogP contribution in [0.2, 0.25) is 0 Å². The average molecular weight is 301 g/mol. The summed E-state index contributed by atoms with van der Waals surface area (Å²) in [5.41, 5.74) is 0. The van der Waals surface area contributed by atoms with E-state index in [1.807, 2.05) is 11.9 Å². The molecule has 1 saturated carbocycles. The van der Waals surface area contributed by atoms with Crippen LogP contribution in [-0.4, -0.2) is 43.3 Å². The van der Waals surface area contributed by atoms with Gasteiger partial charge in [-0.3, -0.25) is 0 Å². The Morgan fingerprint density at radius 1 is 1.59 bits per heavy atom. The maximum Gasteiger partial charge on any atom is 0.232 e. The number of anilines is 1. The van der Waals surface area contributed by atoms with Crippen LogP contribution < -0.4 is 15.0 Å². The zero-order valence-electron chi connectivity index (χ0n) is 10.1. The third-order valence-electron chi connectivity index (χ3n) is 2.69. The SMILES string of the molecule is COc1nc(N(C)CCNC2CC2)ncc1Br. The Balaban J connectivity index is 1.90. The minimum absolute atomic E-state index is 0.567. The molecule has 0 spiro atoms. The van der Waals surface area contributed by atoms with Crippen molar-refractivity contribution >= 4 is 21.9 Å². The number of methoxy groups -OCH3 is 1. The van der Waals surface area contributed by atoms with Gasteiger partial charge in [-0.15, -0.1) is 0 Å². The Morgan fingerprint density at radius 3 is 3.00 bits per heavy atom. The molecular weight excluding hydrogens is 284 g/mol. The molecule has 2 rings (SSSR count). The van der Waals surface area contributed by atoms with Gasteiger partial charge in [0.25, 0.3) is 0 Å². The molecule has 17 heavy (non-hydrogen) atoms. The van der Waals surface area contributed by atoms with Gasteiger partial charge in [-0.25, -0.2) is 4.98 Å². The summed E-state index contributed by atoms with van der Waals surface area (Å²) >= 11 is 3.34. The molecule has 1 N–H and O–H groups in total. The number of ether oxygens (including phenoxy) is 1. The molecule has 0 bridgehead atoms. The normalized spacial score (nSPS) is 14.8. The molecule has 6 heteroatoms. The van der Waals surface area contributed by atoms with Gasteiger partial charge in [0.05, 0.1) is 17.8 Å². The number of nitrogens with zero attached hydrogens (tertiary/aromatic N) is 3. The van der Waals surface area contributed by atoms with Crippen LogP contribution in [0.5, 0.6) is 5.88 Å². The first-order valence-corrected chi connectivity index (χ1v) is 6.51. The van der Waals surface area contributed by atoms with Gasteiger partial charge in [0.15, 0.2) is 0 Å². The lowest BCUT2D eigenvalue weighted by Crippen LogP contribution is -2.31. The van der Waals surface area contributed by atoms with Crippen LogP contribution in [0.3, 0.4) is 0 Å². The predicted molar refractivity (Wildman–Crippen MR) is 70.6 cm³/mol. The molecule has 0 unspecified atom stereocenters. The topological polar surface area (TPSA) is 50.3 Å². The van der Waals surface area contributed by atoms with Crippen molar-refractivity contribution in [2.24, 2.45) is 0 Å². The summed E-state index contributed by atoms with van der Waals surface area (Å²) in [5, 5.41) is 3.46. The average Bonchev–Trinajstić information content (AvgIpc) is 3.13. The van der Waals surface area contributed by atoms with E-state index in [4.69, 9.17) is 4.74 Å². The fraction of sp³-hybridized carbons (Fsp3) is 0.636. The molecule has 0 amide bonds. The fourth-order valence-electron chi connectivity index (χ4n) is 1.49. The smallest absolute Gasteiger partial charge is 0.232 e. The lowest BCUT2D eigenvalue weighted by atomic mass is 10.5. The van der Waals surface area contributed by atoms with Gasteiger partial charge in [0.1, 0.15) is 0 Å². The van der Waals surface area contributed by atoms with E-state index in [0.717, 1.165) is 23.6 Å². The Hall–Kier alpha value is -0.880. The summed E-state index contributed by atoms with van der Waals surface area (Å²) in [6.45, 7) is 1.85. The van der Waals surface area contributed by atoms with Crippen LogP contribution in [0.15, 0.2) is 10.7 Å². The van der Waals surface area contributed by atoms with Crippen molar-refractivity contribution in [3.05, 3.63) is 10.7 Å². The second-order valence-corrected chi connectivity index (χ2v) is 5.03.